The zero-order valence-corrected chi connectivity index (χ0v) is 10.0. The quantitative estimate of drug-likeness (QED) is 0.755. The number of anilines is 1. The molecule has 0 N–H and O–H groups in total. The van der Waals surface area contributed by atoms with Crippen LogP contribution < -0.4 is 4.90 Å². The molecule has 0 fully saturated rings. The topological polar surface area (TPSA) is 33.5 Å². The van der Waals surface area contributed by atoms with E-state index in [1.807, 2.05) is 48.3 Å². The summed E-state index contributed by atoms with van der Waals surface area (Å²) in [6.07, 6.45) is 1.65. The molecule has 1 heterocycles. The van der Waals surface area contributed by atoms with E-state index in [0.717, 1.165) is 17.0 Å². The van der Waals surface area contributed by atoms with Gasteiger partial charge in [0.05, 0.1) is 12.8 Å². The maximum atomic E-state index is 11.5. The summed E-state index contributed by atoms with van der Waals surface area (Å²) in [6, 6.07) is 11.4. The van der Waals surface area contributed by atoms with Crippen LogP contribution in [0.5, 0.6) is 0 Å². The van der Waals surface area contributed by atoms with Crippen LogP contribution in [0.3, 0.4) is 0 Å². The Kier molecular flexibility index (Phi) is 3.28. The van der Waals surface area contributed by atoms with Gasteiger partial charge in [-0.15, -0.1) is 0 Å². The molecule has 0 aliphatic carbocycles. The number of rotatable bonds is 4. The fourth-order valence-corrected chi connectivity index (χ4v) is 1.83. The first kappa shape index (κ1) is 11.5. The monoisotopic (exact) mass is 229 g/mol. The van der Waals surface area contributed by atoms with E-state index in [-0.39, 0.29) is 5.78 Å². The lowest BCUT2D eigenvalue weighted by molar-refractivity contribution is 0.101. The molecule has 0 aliphatic rings. The zero-order valence-electron chi connectivity index (χ0n) is 10.0. The summed E-state index contributed by atoms with van der Waals surface area (Å²) in [5, 5.41) is 0. The van der Waals surface area contributed by atoms with Crippen LogP contribution in [0.1, 0.15) is 23.0 Å². The molecular weight excluding hydrogens is 214 g/mol. The summed E-state index contributed by atoms with van der Waals surface area (Å²) in [5.74, 6) is 0.956. The van der Waals surface area contributed by atoms with Gasteiger partial charge in [-0.2, -0.15) is 0 Å². The van der Waals surface area contributed by atoms with Crippen molar-refractivity contribution in [2.75, 3.05) is 11.9 Å². The Hall–Kier alpha value is -2.03. The Morgan fingerprint density at radius 3 is 2.65 bits per heavy atom. The van der Waals surface area contributed by atoms with Crippen molar-refractivity contribution in [2.24, 2.45) is 0 Å². The van der Waals surface area contributed by atoms with Crippen molar-refractivity contribution >= 4 is 11.5 Å². The van der Waals surface area contributed by atoms with E-state index in [2.05, 4.69) is 0 Å². The van der Waals surface area contributed by atoms with E-state index in [4.69, 9.17) is 4.42 Å². The standard InChI is InChI=1S/C14H15NO2/c1-11(16)13-7-3-4-8-14(13)15(2)10-12-6-5-9-17-12/h3-9H,10H2,1-2H3. The number of hydrogen-bond donors (Lipinski definition) is 0. The first-order valence-electron chi connectivity index (χ1n) is 5.52. The second-order valence-electron chi connectivity index (χ2n) is 4.01. The number of ketones is 1. The number of carbonyl (C=O) groups excluding carboxylic acids is 1. The Morgan fingerprint density at radius 1 is 1.24 bits per heavy atom. The number of carbonyl (C=O) groups is 1. The Morgan fingerprint density at radius 2 is 2.00 bits per heavy atom. The van der Waals surface area contributed by atoms with Crippen molar-refractivity contribution in [1.29, 1.82) is 0 Å². The van der Waals surface area contributed by atoms with Gasteiger partial charge in [0.25, 0.3) is 0 Å². The van der Waals surface area contributed by atoms with Crippen LogP contribution in [0.15, 0.2) is 47.1 Å². The van der Waals surface area contributed by atoms with Crippen LogP contribution in [0.4, 0.5) is 5.69 Å². The summed E-state index contributed by atoms with van der Waals surface area (Å²) < 4.78 is 5.30. The maximum absolute atomic E-state index is 11.5. The molecule has 2 aromatic rings. The van der Waals surface area contributed by atoms with Crippen molar-refractivity contribution < 1.29 is 9.21 Å². The van der Waals surface area contributed by atoms with E-state index in [1.54, 1.807) is 13.2 Å². The van der Waals surface area contributed by atoms with Crippen molar-refractivity contribution in [1.82, 2.24) is 0 Å². The van der Waals surface area contributed by atoms with Gasteiger partial charge in [0.2, 0.25) is 0 Å². The lowest BCUT2D eigenvalue weighted by atomic mass is 10.1. The van der Waals surface area contributed by atoms with E-state index in [9.17, 15) is 4.79 Å². The van der Waals surface area contributed by atoms with Gasteiger partial charge >= 0.3 is 0 Å². The molecule has 0 saturated heterocycles. The third kappa shape index (κ3) is 2.56. The molecule has 0 unspecified atom stereocenters. The van der Waals surface area contributed by atoms with E-state index >= 15 is 0 Å². The number of nitrogens with zero attached hydrogens (tertiary/aromatic N) is 1. The Labute approximate surface area is 101 Å². The minimum atomic E-state index is 0.0758. The third-order valence-electron chi connectivity index (χ3n) is 2.67. The molecule has 0 spiro atoms. The van der Waals surface area contributed by atoms with Gasteiger partial charge in [-0.3, -0.25) is 4.79 Å². The SMILES string of the molecule is CC(=O)c1ccccc1N(C)Cc1ccco1. The van der Waals surface area contributed by atoms with E-state index in [0.29, 0.717) is 6.54 Å². The molecule has 0 atom stereocenters. The van der Waals surface area contributed by atoms with Gasteiger partial charge in [-0.1, -0.05) is 12.1 Å². The summed E-state index contributed by atoms with van der Waals surface area (Å²) in [4.78, 5) is 13.5. The summed E-state index contributed by atoms with van der Waals surface area (Å²) >= 11 is 0. The van der Waals surface area contributed by atoms with Crippen LogP contribution in [-0.4, -0.2) is 12.8 Å². The summed E-state index contributed by atoms with van der Waals surface area (Å²) in [5.41, 5.74) is 1.66. The molecule has 1 aromatic heterocycles. The van der Waals surface area contributed by atoms with Crippen LogP contribution in [0.2, 0.25) is 0 Å². The number of furan rings is 1. The highest BCUT2D eigenvalue weighted by Gasteiger charge is 2.11. The Balaban J connectivity index is 2.24. The van der Waals surface area contributed by atoms with Crippen LogP contribution in [-0.2, 0) is 6.54 Å². The van der Waals surface area contributed by atoms with E-state index in [1.165, 1.54) is 0 Å². The first-order chi connectivity index (χ1) is 8.18. The molecule has 17 heavy (non-hydrogen) atoms. The molecule has 0 saturated carbocycles. The molecule has 0 aliphatic heterocycles. The smallest absolute Gasteiger partial charge is 0.161 e. The fraction of sp³-hybridized carbons (Fsp3) is 0.214. The highest BCUT2D eigenvalue weighted by molar-refractivity contribution is 5.99. The molecule has 0 amide bonds. The first-order valence-corrected chi connectivity index (χ1v) is 5.52. The normalized spacial score (nSPS) is 10.2. The van der Waals surface area contributed by atoms with Crippen LogP contribution in [0, 0.1) is 0 Å². The number of para-hydroxylation sites is 1. The fourth-order valence-electron chi connectivity index (χ4n) is 1.83. The average molecular weight is 229 g/mol. The van der Waals surface area contributed by atoms with Gasteiger partial charge in [0.1, 0.15) is 5.76 Å². The molecule has 0 radical (unpaired) electrons. The Bertz CT molecular complexity index is 503. The second-order valence-corrected chi connectivity index (χ2v) is 4.01. The highest BCUT2D eigenvalue weighted by atomic mass is 16.3. The largest absolute Gasteiger partial charge is 0.467 e. The average Bonchev–Trinajstić information content (AvgIpc) is 2.81. The lowest BCUT2D eigenvalue weighted by Crippen LogP contribution is -2.18. The van der Waals surface area contributed by atoms with Gasteiger partial charge in [-0.05, 0) is 31.2 Å². The molecule has 0 bridgehead atoms. The highest BCUT2D eigenvalue weighted by Crippen LogP contribution is 2.21. The molecule has 1 aromatic carbocycles. The minimum absolute atomic E-state index is 0.0758. The van der Waals surface area contributed by atoms with Gasteiger partial charge in [0.15, 0.2) is 5.78 Å². The third-order valence-corrected chi connectivity index (χ3v) is 2.67. The molecule has 88 valence electrons. The van der Waals surface area contributed by atoms with Crippen molar-refractivity contribution in [3.8, 4) is 0 Å². The minimum Gasteiger partial charge on any atom is -0.467 e. The van der Waals surface area contributed by atoms with Crippen molar-refractivity contribution in [3.05, 3.63) is 54.0 Å². The van der Waals surface area contributed by atoms with Gasteiger partial charge in [0, 0.05) is 18.3 Å². The number of Topliss-reactive ketones (excluding diaryl/α,β-unsaturated/α-hetero) is 1. The molecular formula is C14H15NO2. The van der Waals surface area contributed by atoms with Crippen LogP contribution >= 0.6 is 0 Å². The predicted octanol–water partition coefficient (Wildman–Crippen LogP) is 3.12. The molecule has 3 heteroatoms. The zero-order chi connectivity index (χ0) is 12.3. The van der Waals surface area contributed by atoms with Crippen molar-refractivity contribution in [2.45, 2.75) is 13.5 Å². The van der Waals surface area contributed by atoms with Gasteiger partial charge in [-0.25, -0.2) is 0 Å². The second kappa shape index (κ2) is 4.87. The van der Waals surface area contributed by atoms with Crippen molar-refractivity contribution in [3.63, 3.8) is 0 Å². The number of benzene rings is 1. The summed E-state index contributed by atoms with van der Waals surface area (Å²) in [7, 11) is 1.95. The number of hydrogen-bond acceptors (Lipinski definition) is 3. The lowest BCUT2D eigenvalue weighted by Gasteiger charge is -2.20. The van der Waals surface area contributed by atoms with E-state index < -0.39 is 0 Å². The van der Waals surface area contributed by atoms with Gasteiger partial charge < -0.3 is 9.32 Å². The van der Waals surface area contributed by atoms with Crippen LogP contribution in [0.25, 0.3) is 0 Å². The maximum Gasteiger partial charge on any atom is 0.161 e. The molecule has 2 rings (SSSR count). The summed E-state index contributed by atoms with van der Waals surface area (Å²) in [6.45, 7) is 2.23. The molecule has 3 nitrogen and oxygen atoms in total. The predicted molar refractivity (Wildman–Crippen MR) is 67.3 cm³/mol.